The Hall–Kier alpha value is -2.32. The number of hydrogen-bond acceptors (Lipinski definition) is 5. The van der Waals surface area contributed by atoms with Gasteiger partial charge < -0.3 is 26.0 Å². The number of halogens is 2. The maximum Gasteiger partial charge on any atom is 0.243 e. The molecular weight excluding hydrogens is 415 g/mol. The molecule has 2 aromatic carbocycles. The summed E-state index contributed by atoms with van der Waals surface area (Å²) in [7, 11) is 0. The molecule has 2 amide bonds. The zero-order valence-electron chi connectivity index (χ0n) is 15.9. The van der Waals surface area contributed by atoms with Gasteiger partial charge in [-0.05, 0) is 23.8 Å². The number of primary amides is 1. The molecule has 0 saturated carbocycles. The summed E-state index contributed by atoms with van der Waals surface area (Å²) in [4.78, 5) is 25.8. The molecule has 0 spiro atoms. The molecule has 1 aliphatic heterocycles. The summed E-state index contributed by atoms with van der Waals surface area (Å²) in [5, 5.41) is 6.03. The first kappa shape index (κ1) is 24.7. The predicted molar refractivity (Wildman–Crippen MR) is 119 cm³/mol. The van der Waals surface area contributed by atoms with E-state index in [4.69, 9.17) is 10.5 Å². The second-order valence-corrected chi connectivity index (χ2v) is 6.43. The lowest BCUT2D eigenvalue weighted by Gasteiger charge is -2.25. The minimum Gasteiger partial charge on any atom is -0.378 e. The Balaban J connectivity index is 0.00000210. The highest BCUT2D eigenvalue weighted by Gasteiger charge is 2.21. The molecule has 0 bridgehead atoms. The van der Waals surface area contributed by atoms with Crippen molar-refractivity contribution in [3.63, 3.8) is 0 Å². The lowest BCUT2D eigenvalue weighted by atomic mass is 10.1. The van der Waals surface area contributed by atoms with E-state index < -0.39 is 5.91 Å². The minimum absolute atomic E-state index is 0. The molecule has 0 aliphatic carbocycles. The van der Waals surface area contributed by atoms with Crippen molar-refractivity contribution < 1.29 is 14.3 Å². The zero-order chi connectivity index (χ0) is 19.1. The summed E-state index contributed by atoms with van der Waals surface area (Å²) in [5.41, 5.74) is 7.96. The normalized spacial score (nSPS) is 15.4. The highest BCUT2D eigenvalue weighted by Crippen LogP contribution is 2.21. The number of hydrogen-bond donors (Lipinski definition) is 3. The van der Waals surface area contributed by atoms with Crippen molar-refractivity contribution in [1.82, 2.24) is 5.32 Å². The number of amides is 2. The summed E-state index contributed by atoms with van der Waals surface area (Å²) in [6.45, 7) is 2.25. The Labute approximate surface area is 182 Å². The number of nitrogens with two attached hydrogens (primary N) is 1. The molecule has 158 valence electrons. The number of nitrogens with one attached hydrogen (secondary N) is 2. The summed E-state index contributed by atoms with van der Waals surface area (Å²) in [5.74, 6) is -0.555. The smallest absolute Gasteiger partial charge is 0.243 e. The number of rotatable bonds is 7. The van der Waals surface area contributed by atoms with Crippen LogP contribution >= 0.6 is 24.8 Å². The van der Waals surface area contributed by atoms with Crippen LogP contribution in [0.3, 0.4) is 0 Å². The molecule has 4 N–H and O–H groups in total. The van der Waals surface area contributed by atoms with Crippen molar-refractivity contribution >= 4 is 48.0 Å². The number of carbonyl (C=O) groups is 2. The molecule has 9 heteroatoms. The first-order chi connectivity index (χ1) is 13.1. The average molecular weight is 441 g/mol. The number of carbonyl (C=O) groups excluding carboxylic acids is 2. The number of anilines is 2. The summed E-state index contributed by atoms with van der Waals surface area (Å²) < 4.78 is 5.33. The van der Waals surface area contributed by atoms with E-state index in [1.54, 1.807) is 0 Å². The molecule has 29 heavy (non-hydrogen) atoms. The Morgan fingerprint density at radius 3 is 2.55 bits per heavy atom. The number of benzene rings is 2. The van der Waals surface area contributed by atoms with Gasteiger partial charge in [0.1, 0.15) is 6.04 Å². The van der Waals surface area contributed by atoms with Crippen LogP contribution in [0.1, 0.15) is 5.56 Å². The van der Waals surface area contributed by atoms with Crippen molar-refractivity contribution in [3.05, 3.63) is 60.2 Å². The predicted octanol–water partition coefficient (Wildman–Crippen LogP) is 1.95. The van der Waals surface area contributed by atoms with Crippen molar-refractivity contribution in [2.24, 2.45) is 5.73 Å². The molecule has 0 aromatic heterocycles. The maximum absolute atomic E-state index is 12.4. The van der Waals surface area contributed by atoms with Crippen LogP contribution in [0, 0.1) is 0 Å². The lowest BCUT2D eigenvalue weighted by molar-refractivity contribution is -0.121. The third-order valence-electron chi connectivity index (χ3n) is 4.28. The van der Waals surface area contributed by atoms with Gasteiger partial charge in [-0.15, -0.1) is 24.8 Å². The fourth-order valence-electron chi connectivity index (χ4n) is 2.97. The van der Waals surface area contributed by atoms with Crippen molar-refractivity contribution in [2.45, 2.75) is 12.6 Å². The highest BCUT2D eigenvalue weighted by atomic mass is 35.5. The standard InChI is InChI=1S/C20H24N4O3.2ClH/c21-19(25)13-24(12-15-5-2-1-3-6-15)17-8-4-7-16(11-17)23-20(26)18-14-27-10-9-22-18;;/h1-8,11,18,22H,9-10,12-14H2,(H2,21,25)(H,23,26);2*1H. The fraction of sp³-hybridized carbons (Fsp3) is 0.300. The minimum atomic E-state index is -0.413. The molecule has 1 saturated heterocycles. The van der Waals surface area contributed by atoms with Crippen molar-refractivity contribution in [1.29, 1.82) is 0 Å². The summed E-state index contributed by atoms with van der Waals surface area (Å²) in [6, 6.07) is 16.9. The van der Waals surface area contributed by atoms with E-state index >= 15 is 0 Å². The first-order valence-electron chi connectivity index (χ1n) is 8.91. The van der Waals surface area contributed by atoms with Crippen LogP contribution in [-0.2, 0) is 20.9 Å². The van der Waals surface area contributed by atoms with Crippen LogP contribution in [-0.4, -0.2) is 44.2 Å². The quantitative estimate of drug-likeness (QED) is 0.611. The second-order valence-electron chi connectivity index (χ2n) is 6.43. The zero-order valence-corrected chi connectivity index (χ0v) is 17.5. The van der Waals surface area contributed by atoms with E-state index in [0.717, 1.165) is 11.3 Å². The topological polar surface area (TPSA) is 96.7 Å². The Bertz CT molecular complexity index is 786. The van der Waals surface area contributed by atoms with Crippen molar-refractivity contribution in [3.8, 4) is 0 Å². The highest BCUT2D eigenvalue weighted by molar-refractivity contribution is 5.95. The van der Waals surface area contributed by atoms with Gasteiger partial charge in [0.15, 0.2) is 0 Å². The molecule has 1 fully saturated rings. The molecule has 1 heterocycles. The van der Waals surface area contributed by atoms with Gasteiger partial charge in [0.2, 0.25) is 11.8 Å². The van der Waals surface area contributed by atoms with E-state index in [0.29, 0.717) is 32.0 Å². The number of morpholine rings is 1. The third kappa shape index (κ3) is 7.55. The molecule has 2 aromatic rings. The Morgan fingerprint density at radius 2 is 1.90 bits per heavy atom. The number of ether oxygens (including phenoxy) is 1. The van der Waals surface area contributed by atoms with Crippen LogP contribution in [0.5, 0.6) is 0 Å². The molecule has 1 unspecified atom stereocenters. The Kier molecular flexibility index (Phi) is 10.5. The monoisotopic (exact) mass is 440 g/mol. The molecular formula is C20H26Cl2N4O3. The molecule has 1 aliphatic rings. The lowest BCUT2D eigenvalue weighted by Crippen LogP contribution is -2.48. The maximum atomic E-state index is 12.4. The van der Waals surface area contributed by atoms with Crippen LogP contribution in [0.25, 0.3) is 0 Å². The van der Waals surface area contributed by atoms with Gasteiger partial charge in [0.25, 0.3) is 0 Å². The third-order valence-corrected chi connectivity index (χ3v) is 4.28. The van der Waals surface area contributed by atoms with Crippen molar-refractivity contribution in [2.75, 3.05) is 36.5 Å². The van der Waals surface area contributed by atoms with Gasteiger partial charge in [-0.25, -0.2) is 0 Å². The first-order valence-corrected chi connectivity index (χ1v) is 8.91. The fourth-order valence-corrected chi connectivity index (χ4v) is 2.97. The molecule has 0 radical (unpaired) electrons. The van der Waals surface area contributed by atoms with E-state index in [1.807, 2.05) is 59.5 Å². The number of nitrogens with zero attached hydrogens (tertiary/aromatic N) is 1. The van der Waals surface area contributed by atoms with Gasteiger partial charge in [-0.1, -0.05) is 36.4 Å². The van der Waals surface area contributed by atoms with Gasteiger partial charge in [-0.3, -0.25) is 9.59 Å². The SMILES string of the molecule is Cl.Cl.NC(=O)CN(Cc1ccccc1)c1cccc(NC(=O)C2COCCN2)c1. The Morgan fingerprint density at radius 1 is 1.14 bits per heavy atom. The van der Waals surface area contributed by atoms with Gasteiger partial charge >= 0.3 is 0 Å². The molecule has 7 nitrogen and oxygen atoms in total. The van der Waals surface area contributed by atoms with Crippen LogP contribution in [0.4, 0.5) is 11.4 Å². The van der Waals surface area contributed by atoms with Gasteiger partial charge in [0, 0.05) is 24.5 Å². The second kappa shape index (κ2) is 12.3. The summed E-state index contributed by atoms with van der Waals surface area (Å²) in [6.07, 6.45) is 0. The van der Waals surface area contributed by atoms with Gasteiger partial charge in [-0.2, -0.15) is 0 Å². The average Bonchev–Trinajstić information content (AvgIpc) is 2.69. The van der Waals surface area contributed by atoms with Crippen LogP contribution in [0.2, 0.25) is 0 Å². The molecule has 3 rings (SSSR count). The largest absolute Gasteiger partial charge is 0.378 e. The van der Waals surface area contributed by atoms with Crippen LogP contribution in [0.15, 0.2) is 54.6 Å². The van der Waals surface area contributed by atoms with Gasteiger partial charge in [0.05, 0.1) is 19.8 Å². The van der Waals surface area contributed by atoms with E-state index in [2.05, 4.69) is 10.6 Å². The van der Waals surface area contributed by atoms with E-state index in [-0.39, 0.29) is 43.3 Å². The van der Waals surface area contributed by atoms with E-state index in [1.165, 1.54) is 0 Å². The van der Waals surface area contributed by atoms with Crippen LogP contribution < -0.4 is 21.3 Å². The summed E-state index contributed by atoms with van der Waals surface area (Å²) >= 11 is 0. The molecule has 1 atom stereocenters. The van der Waals surface area contributed by atoms with E-state index in [9.17, 15) is 9.59 Å².